The van der Waals surface area contributed by atoms with Gasteiger partial charge in [-0.25, -0.2) is 0 Å². The first-order valence-electron chi connectivity index (χ1n) is 7.10. The number of carbonyl (C=O) groups excluding carboxylic acids is 2. The molecule has 0 bridgehead atoms. The summed E-state index contributed by atoms with van der Waals surface area (Å²) in [6, 6.07) is 12.0. The molecule has 0 atom stereocenters. The quantitative estimate of drug-likeness (QED) is 0.497. The highest BCUT2D eigenvalue weighted by atomic mass is 16.6. The maximum atomic E-state index is 11.9. The maximum Gasteiger partial charge on any atom is 0.314 e. The zero-order valence-corrected chi connectivity index (χ0v) is 12.8. The van der Waals surface area contributed by atoms with E-state index in [-0.39, 0.29) is 11.4 Å². The van der Waals surface area contributed by atoms with E-state index in [1.54, 1.807) is 24.3 Å². The van der Waals surface area contributed by atoms with Gasteiger partial charge in [0, 0.05) is 11.8 Å². The van der Waals surface area contributed by atoms with Gasteiger partial charge in [-0.15, -0.1) is 0 Å². The second kappa shape index (κ2) is 7.73. The number of nitrogens with one attached hydrogen (secondary N) is 2. The molecule has 0 radical (unpaired) electrons. The Hall–Kier alpha value is -3.42. The molecule has 0 aliphatic rings. The van der Waals surface area contributed by atoms with Crippen molar-refractivity contribution in [1.82, 2.24) is 0 Å². The van der Waals surface area contributed by atoms with Crippen molar-refractivity contribution >= 4 is 28.9 Å². The average molecular weight is 329 g/mol. The molecule has 0 aromatic heterocycles. The summed E-state index contributed by atoms with van der Waals surface area (Å²) in [7, 11) is 0. The van der Waals surface area contributed by atoms with Gasteiger partial charge in [-0.05, 0) is 37.3 Å². The molecule has 0 aliphatic heterocycles. The van der Waals surface area contributed by atoms with E-state index in [1.807, 2.05) is 6.92 Å². The number of rotatable bonds is 5. The van der Waals surface area contributed by atoms with Gasteiger partial charge in [0.15, 0.2) is 0 Å². The average Bonchev–Trinajstić information content (AvgIpc) is 2.57. The van der Waals surface area contributed by atoms with Crippen LogP contribution in [0.5, 0.6) is 5.75 Å². The summed E-state index contributed by atoms with van der Waals surface area (Å²) in [5, 5.41) is 15.5. The van der Waals surface area contributed by atoms with E-state index >= 15 is 0 Å². The first-order chi connectivity index (χ1) is 11.5. The number of benzene rings is 2. The lowest BCUT2D eigenvalue weighted by Gasteiger charge is -2.08. The number of nitro benzene ring substituents is 1. The minimum atomic E-state index is -1.00. The van der Waals surface area contributed by atoms with Gasteiger partial charge in [0.2, 0.25) is 0 Å². The molecule has 8 heteroatoms. The monoisotopic (exact) mass is 329 g/mol. The van der Waals surface area contributed by atoms with Crippen molar-refractivity contribution in [1.29, 1.82) is 0 Å². The number of nitro groups is 1. The van der Waals surface area contributed by atoms with E-state index in [0.29, 0.717) is 18.0 Å². The Morgan fingerprint density at radius 2 is 1.67 bits per heavy atom. The molecule has 0 saturated carbocycles. The minimum Gasteiger partial charge on any atom is -0.494 e. The molecule has 0 aliphatic carbocycles. The Kier molecular flexibility index (Phi) is 5.45. The van der Waals surface area contributed by atoms with Crippen molar-refractivity contribution in [3.05, 3.63) is 58.6 Å². The minimum absolute atomic E-state index is 0.0469. The highest BCUT2D eigenvalue weighted by Gasteiger charge is 2.19. The summed E-state index contributed by atoms with van der Waals surface area (Å²) < 4.78 is 5.27. The van der Waals surface area contributed by atoms with E-state index in [0.717, 1.165) is 0 Å². The molecular formula is C16H15N3O5. The number of ether oxygens (including phenoxy) is 1. The molecule has 2 amide bonds. The van der Waals surface area contributed by atoms with E-state index in [2.05, 4.69) is 10.6 Å². The van der Waals surface area contributed by atoms with Crippen LogP contribution in [0.15, 0.2) is 48.5 Å². The second-order valence-electron chi connectivity index (χ2n) is 4.64. The zero-order valence-electron chi connectivity index (χ0n) is 12.8. The smallest absolute Gasteiger partial charge is 0.314 e. The molecule has 0 unspecified atom stereocenters. The van der Waals surface area contributed by atoms with Crippen LogP contribution in [0.25, 0.3) is 0 Å². The van der Waals surface area contributed by atoms with Crippen LogP contribution in [-0.4, -0.2) is 23.3 Å². The number of amides is 2. The number of para-hydroxylation sites is 2. The fourth-order valence-electron chi connectivity index (χ4n) is 1.91. The molecule has 24 heavy (non-hydrogen) atoms. The molecule has 0 heterocycles. The molecule has 0 saturated heterocycles. The number of nitrogens with zero attached hydrogens (tertiary/aromatic N) is 1. The third-order valence-electron chi connectivity index (χ3n) is 2.98. The normalized spacial score (nSPS) is 9.88. The Morgan fingerprint density at radius 3 is 2.29 bits per heavy atom. The van der Waals surface area contributed by atoms with Crippen molar-refractivity contribution < 1.29 is 19.2 Å². The highest BCUT2D eigenvalue weighted by molar-refractivity contribution is 6.43. The standard InChI is InChI=1S/C16H15N3O5/c1-2-24-12-9-7-11(8-10-12)17-15(20)16(21)18-13-5-3-4-6-14(13)19(22)23/h3-10H,2H2,1H3,(H,17,20)(H,18,21). The van der Waals surface area contributed by atoms with Crippen LogP contribution in [0, 0.1) is 10.1 Å². The predicted molar refractivity (Wildman–Crippen MR) is 88.0 cm³/mol. The first-order valence-corrected chi connectivity index (χ1v) is 7.10. The summed E-state index contributed by atoms with van der Waals surface area (Å²) >= 11 is 0. The van der Waals surface area contributed by atoms with E-state index < -0.39 is 16.7 Å². The molecule has 2 rings (SSSR count). The molecule has 0 fully saturated rings. The van der Waals surface area contributed by atoms with Crippen molar-refractivity contribution in [3.63, 3.8) is 0 Å². The number of hydrogen-bond acceptors (Lipinski definition) is 5. The molecule has 2 aromatic carbocycles. The largest absolute Gasteiger partial charge is 0.494 e. The van der Waals surface area contributed by atoms with Crippen LogP contribution in [0.3, 0.4) is 0 Å². The van der Waals surface area contributed by atoms with Gasteiger partial charge in [-0.1, -0.05) is 12.1 Å². The summed E-state index contributed by atoms with van der Waals surface area (Å²) in [6.45, 7) is 2.37. The number of hydrogen-bond donors (Lipinski definition) is 2. The van der Waals surface area contributed by atoms with E-state index in [9.17, 15) is 19.7 Å². The van der Waals surface area contributed by atoms with Crippen molar-refractivity contribution in [2.24, 2.45) is 0 Å². The topological polar surface area (TPSA) is 111 Å². The van der Waals surface area contributed by atoms with Gasteiger partial charge in [-0.3, -0.25) is 19.7 Å². The SMILES string of the molecule is CCOc1ccc(NC(=O)C(=O)Nc2ccccc2[N+](=O)[O-])cc1. The highest BCUT2D eigenvalue weighted by Crippen LogP contribution is 2.23. The Bertz CT molecular complexity index is 759. The summed E-state index contributed by atoms with van der Waals surface area (Å²) in [4.78, 5) is 34.0. The van der Waals surface area contributed by atoms with E-state index in [1.165, 1.54) is 24.3 Å². The van der Waals surface area contributed by atoms with Crippen LogP contribution in [0.2, 0.25) is 0 Å². The fraction of sp³-hybridized carbons (Fsp3) is 0.125. The van der Waals surface area contributed by atoms with Gasteiger partial charge < -0.3 is 15.4 Å². The Morgan fingerprint density at radius 1 is 1.04 bits per heavy atom. The summed E-state index contributed by atoms with van der Waals surface area (Å²) in [5.41, 5.74) is 0.0650. The molecule has 2 N–H and O–H groups in total. The molecule has 0 spiro atoms. The van der Waals surface area contributed by atoms with Crippen LogP contribution in [-0.2, 0) is 9.59 Å². The lowest BCUT2D eigenvalue weighted by Crippen LogP contribution is -2.29. The van der Waals surface area contributed by atoms with Gasteiger partial charge in [0.25, 0.3) is 5.69 Å². The van der Waals surface area contributed by atoms with Crippen LogP contribution >= 0.6 is 0 Å². The summed E-state index contributed by atoms with van der Waals surface area (Å²) in [5.74, 6) is -1.30. The third kappa shape index (κ3) is 4.29. The molecule has 2 aromatic rings. The zero-order chi connectivity index (χ0) is 17.5. The van der Waals surface area contributed by atoms with Crippen molar-refractivity contribution in [2.45, 2.75) is 6.92 Å². The number of anilines is 2. The van der Waals surface area contributed by atoms with Crippen LogP contribution in [0.1, 0.15) is 6.92 Å². The third-order valence-corrected chi connectivity index (χ3v) is 2.98. The summed E-state index contributed by atoms with van der Waals surface area (Å²) in [6.07, 6.45) is 0. The Labute approximate surface area is 137 Å². The van der Waals surface area contributed by atoms with Crippen molar-refractivity contribution in [2.75, 3.05) is 17.2 Å². The van der Waals surface area contributed by atoms with E-state index in [4.69, 9.17) is 4.74 Å². The van der Waals surface area contributed by atoms with Crippen molar-refractivity contribution in [3.8, 4) is 5.75 Å². The van der Waals surface area contributed by atoms with Gasteiger partial charge >= 0.3 is 11.8 Å². The molecule has 124 valence electrons. The van der Waals surface area contributed by atoms with Crippen LogP contribution < -0.4 is 15.4 Å². The molecule has 8 nitrogen and oxygen atoms in total. The van der Waals surface area contributed by atoms with Gasteiger partial charge in [0.05, 0.1) is 11.5 Å². The first kappa shape index (κ1) is 16.9. The van der Waals surface area contributed by atoms with Gasteiger partial charge in [0.1, 0.15) is 11.4 Å². The van der Waals surface area contributed by atoms with Gasteiger partial charge in [-0.2, -0.15) is 0 Å². The maximum absolute atomic E-state index is 11.9. The second-order valence-corrected chi connectivity index (χ2v) is 4.64. The Balaban J connectivity index is 2.02. The predicted octanol–water partition coefficient (Wildman–Crippen LogP) is 2.57. The molecular weight excluding hydrogens is 314 g/mol. The lowest BCUT2D eigenvalue weighted by molar-refractivity contribution is -0.383. The fourth-order valence-corrected chi connectivity index (χ4v) is 1.91. The number of carbonyl (C=O) groups is 2. The lowest BCUT2D eigenvalue weighted by atomic mass is 10.2. The van der Waals surface area contributed by atoms with Crippen LogP contribution in [0.4, 0.5) is 17.1 Å².